The largest absolute Gasteiger partial charge is 0.486 e. The van der Waals surface area contributed by atoms with Crippen LogP contribution in [0.4, 0.5) is 0 Å². The van der Waals surface area contributed by atoms with Crippen molar-refractivity contribution < 1.29 is 14.1 Å². The number of nitrogens with one attached hydrogen (secondary N) is 1. The Morgan fingerprint density at radius 2 is 1.90 bits per heavy atom. The molecule has 4 aromatic rings. The molecule has 0 bridgehead atoms. The Morgan fingerprint density at radius 1 is 1.10 bits per heavy atom. The van der Waals surface area contributed by atoms with Crippen LogP contribution in [-0.4, -0.2) is 21.0 Å². The highest BCUT2D eigenvalue weighted by atomic mass is 32.1. The molecule has 8 heteroatoms. The standard InChI is InChI=1S/C21H18N4O3S/c1-14-13-29-19(23-14)12-27-17-9-7-16(8-10-17)21(26)22-11-18-24-20(25-28-18)15-5-3-2-4-6-15/h2-10,13H,11-12H2,1H3,(H,22,26). The van der Waals surface area contributed by atoms with Crippen LogP contribution in [0.15, 0.2) is 64.5 Å². The fraction of sp³-hybridized carbons (Fsp3) is 0.143. The van der Waals surface area contributed by atoms with E-state index >= 15 is 0 Å². The number of aryl methyl sites for hydroxylation is 1. The number of hydrogen-bond donors (Lipinski definition) is 1. The molecule has 4 rings (SSSR count). The third-order valence-electron chi connectivity index (χ3n) is 4.05. The van der Waals surface area contributed by atoms with E-state index in [0.717, 1.165) is 16.3 Å². The molecule has 146 valence electrons. The molecule has 0 fully saturated rings. The van der Waals surface area contributed by atoms with Crippen molar-refractivity contribution in [1.29, 1.82) is 0 Å². The summed E-state index contributed by atoms with van der Waals surface area (Å²) < 4.78 is 10.9. The van der Waals surface area contributed by atoms with Gasteiger partial charge >= 0.3 is 0 Å². The molecule has 1 amide bonds. The van der Waals surface area contributed by atoms with E-state index < -0.39 is 0 Å². The smallest absolute Gasteiger partial charge is 0.251 e. The van der Waals surface area contributed by atoms with Gasteiger partial charge in [0, 0.05) is 22.2 Å². The fourth-order valence-electron chi connectivity index (χ4n) is 2.61. The maximum atomic E-state index is 12.3. The number of rotatable bonds is 7. The van der Waals surface area contributed by atoms with Gasteiger partial charge in [-0.05, 0) is 31.2 Å². The first-order valence-corrected chi connectivity index (χ1v) is 9.85. The van der Waals surface area contributed by atoms with Gasteiger partial charge in [-0.1, -0.05) is 35.5 Å². The van der Waals surface area contributed by atoms with Crippen LogP contribution in [0.3, 0.4) is 0 Å². The predicted octanol–water partition coefficient (Wildman–Crippen LogP) is 4.01. The topological polar surface area (TPSA) is 90.1 Å². The summed E-state index contributed by atoms with van der Waals surface area (Å²) >= 11 is 1.56. The molecule has 0 aliphatic carbocycles. The van der Waals surface area contributed by atoms with E-state index in [2.05, 4.69) is 20.4 Å². The van der Waals surface area contributed by atoms with E-state index in [4.69, 9.17) is 9.26 Å². The van der Waals surface area contributed by atoms with Gasteiger partial charge in [0.15, 0.2) is 0 Å². The van der Waals surface area contributed by atoms with Crippen LogP contribution in [0, 0.1) is 6.92 Å². The van der Waals surface area contributed by atoms with E-state index in [1.165, 1.54) is 0 Å². The number of thiazole rings is 1. The van der Waals surface area contributed by atoms with E-state index in [-0.39, 0.29) is 12.5 Å². The van der Waals surface area contributed by atoms with E-state index in [1.54, 1.807) is 35.6 Å². The van der Waals surface area contributed by atoms with Crippen LogP contribution in [-0.2, 0) is 13.2 Å². The molecule has 0 unspecified atom stereocenters. The van der Waals surface area contributed by atoms with Crippen molar-refractivity contribution in [1.82, 2.24) is 20.4 Å². The zero-order chi connectivity index (χ0) is 20.1. The lowest BCUT2D eigenvalue weighted by Gasteiger charge is -2.06. The molecule has 0 saturated heterocycles. The van der Waals surface area contributed by atoms with Crippen molar-refractivity contribution in [2.75, 3.05) is 0 Å². The summed E-state index contributed by atoms with van der Waals surface area (Å²) in [5.74, 6) is 1.29. The van der Waals surface area contributed by atoms with Crippen LogP contribution in [0.25, 0.3) is 11.4 Å². The average molecular weight is 406 g/mol. The highest BCUT2D eigenvalue weighted by Gasteiger charge is 2.11. The molecule has 29 heavy (non-hydrogen) atoms. The maximum absolute atomic E-state index is 12.3. The molecular weight excluding hydrogens is 388 g/mol. The Kier molecular flexibility index (Phi) is 5.62. The lowest BCUT2D eigenvalue weighted by molar-refractivity contribution is 0.0946. The van der Waals surface area contributed by atoms with Gasteiger partial charge in [0.25, 0.3) is 5.91 Å². The van der Waals surface area contributed by atoms with Crippen molar-refractivity contribution in [2.45, 2.75) is 20.1 Å². The summed E-state index contributed by atoms with van der Waals surface area (Å²) in [6.45, 7) is 2.51. The van der Waals surface area contributed by atoms with Crippen LogP contribution in [0.2, 0.25) is 0 Å². The van der Waals surface area contributed by atoms with Crippen molar-refractivity contribution in [3.05, 3.63) is 82.1 Å². The van der Waals surface area contributed by atoms with Crippen LogP contribution in [0.5, 0.6) is 5.75 Å². The summed E-state index contributed by atoms with van der Waals surface area (Å²) in [5.41, 5.74) is 2.36. The lowest BCUT2D eigenvalue weighted by Crippen LogP contribution is -2.22. The van der Waals surface area contributed by atoms with Crippen molar-refractivity contribution >= 4 is 17.2 Å². The molecule has 2 heterocycles. The Bertz CT molecular complexity index is 1090. The first kappa shape index (κ1) is 18.8. The van der Waals surface area contributed by atoms with E-state index in [1.807, 2.05) is 42.6 Å². The van der Waals surface area contributed by atoms with Gasteiger partial charge in [-0.15, -0.1) is 11.3 Å². The summed E-state index contributed by atoms with van der Waals surface area (Å²) in [6, 6.07) is 16.4. The normalized spacial score (nSPS) is 10.7. The highest BCUT2D eigenvalue weighted by Crippen LogP contribution is 2.17. The quantitative estimate of drug-likeness (QED) is 0.499. The molecule has 2 aromatic heterocycles. The summed E-state index contributed by atoms with van der Waals surface area (Å²) in [6.07, 6.45) is 0. The predicted molar refractivity (Wildman–Crippen MR) is 109 cm³/mol. The number of amides is 1. The number of aromatic nitrogens is 3. The number of carbonyl (C=O) groups excluding carboxylic acids is 1. The first-order valence-electron chi connectivity index (χ1n) is 8.97. The number of carbonyl (C=O) groups is 1. The lowest BCUT2D eigenvalue weighted by atomic mass is 10.2. The minimum absolute atomic E-state index is 0.153. The van der Waals surface area contributed by atoms with Gasteiger partial charge < -0.3 is 14.6 Å². The van der Waals surface area contributed by atoms with Gasteiger partial charge in [0.05, 0.1) is 6.54 Å². The van der Waals surface area contributed by atoms with E-state index in [0.29, 0.717) is 29.6 Å². The third kappa shape index (κ3) is 4.85. The monoisotopic (exact) mass is 406 g/mol. The van der Waals surface area contributed by atoms with Gasteiger partial charge in [0.1, 0.15) is 17.4 Å². The van der Waals surface area contributed by atoms with Gasteiger partial charge in [-0.25, -0.2) is 4.98 Å². The average Bonchev–Trinajstić information content (AvgIpc) is 3.40. The highest BCUT2D eigenvalue weighted by molar-refractivity contribution is 7.09. The van der Waals surface area contributed by atoms with Crippen molar-refractivity contribution in [3.8, 4) is 17.1 Å². The molecule has 0 atom stereocenters. The summed E-state index contributed by atoms with van der Waals surface area (Å²) in [7, 11) is 0. The zero-order valence-corrected chi connectivity index (χ0v) is 16.5. The fourth-order valence-corrected chi connectivity index (χ4v) is 3.29. The van der Waals surface area contributed by atoms with Crippen LogP contribution >= 0.6 is 11.3 Å². The Labute approximate surface area is 171 Å². The molecule has 1 N–H and O–H groups in total. The number of hydrogen-bond acceptors (Lipinski definition) is 7. The Hall–Kier alpha value is -3.52. The molecule has 0 aliphatic heterocycles. The minimum atomic E-state index is -0.230. The number of benzene rings is 2. The second kappa shape index (κ2) is 8.66. The number of nitrogens with zero attached hydrogens (tertiary/aromatic N) is 3. The van der Waals surface area contributed by atoms with Crippen LogP contribution < -0.4 is 10.1 Å². The molecule has 0 spiro atoms. The van der Waals surface area contributed by atoms with Crippen molar-refractivity contribution in [3.63, 3.8) is 0 Å². The Morgan fingerprint density at radius 3 is 2.62 bits per heavy atom. The minimum Gasteiger partial charge on any atom is -0.486 e. The van der Waals surface area contributed by atoms with Crippen LogP contribution in [0.1, 0.15) is 27.0 Å². The SMILES string of the molecule is Cc1csc(COc2ccc(C(=O)NCc3nc(-c4ccccc4)no3)cc2)n1. The molecule has 0 radical (unpaired) electrons. The molecule has 0 saturated carbocycles. The van der Waals surface area contributed by atoms with E-state index in [9.17, 15) is 4.79 Å². The zero-order valence-electron chi connectivity index (χ0n) is 15.7. The third-order valence-corrected chi connectivity index (χ3v) is 4.99. The van der Waals surface area contributed by atoms with Gasteiger partial charge in [0.2, 0.25) is 11.7 Å². The summed E-state index contributed by atoms with van der Waals surface area (Å²) in [4.78, 5) is 21.0. The van der Waals surface area contributed by atoms with Gasteiger partial charge in [-0.2, -0.15) is 4.98 Å². The first-order chi connectivity index (χ1) is 14.2. The van der Waals surface area contributed by atoms with Gasteiger partial charge in [-0.3, -0.25) is 4.79 Å². The molecule has 0 aliphatic rings. The maximum Gasteiger partial charge on any atom is 0.251 e. The molecular formula is C21H18N4O3S. The Balaban J connectivity index is 1.30. The summed E-state index contributed by atoms with van der Waals surface area (Å²) in [5, 5.41) is 9.61. The molecule has 2 aromatic carbocycles. The second-order valence-electron chi connectivity index (χ2n) is 6.26. The number of ether oxygens (including phenoxy) is 1. The second-order valence-corrected chi connectivity index (χ2v) is 7.20. The van der Waals surface area contributed by atoms with Crippen molar-refractivity contribution in [2.24, 2.45) is 0 Å². The molecule has 7 nitrogen and oxygen atoms in total.